The van der Waals surface area contributed by atoms with Crippen LogP contribution in [0.3, 0.4) is 0 Å². The zero-order valence-corrected chi connectivity index (χ0v) is 12.1. The van der Waals surface area contributed by atoms with Crippen LogP contribution < -0.4 is 0 Å². The maximum atomic E-state index is 11.3. The molecule has 1 N–H and O–H groups in total. The van der Waals surface area contributed by atoms with Crippen LogP contribution in [0.2, 0.25) is 0 Å². The average molecular weight is 306 g/mol. The summed E-state index contributed by atoms with van der Waals surface area (Å²) in [6.45, 7) is 1.88. The summed E-state index contributed by atoms with van der Waals surface area (Å²) in [5, 5.41) is 21.4. The minimum absolute atomic E-state index is 0.0220. The van der Waals surface area contributed by atoms with Crippen LogP contribution in [-0.2, 0) is 6.42 Å². The lowest BCUT2D eigenvalue weighted by molar-refractivity contribution is 0.0689. The van der Waals surface area contributed by atoms with E-state index in [1.54, 1.807) is 11.3 Å². The van der Waals surface area contributed by atoms with E-state index in [4.69, 9.17) is 0 Å². The molecular weight excluding hydrogens is 296 g/mol. The van der Waals surface area contributed by atoms with Gasteiger partial charge in [-0.25, -0.2) is 9.78 Å². The molecule has 0 fully saturated rings. The molecule has 0 aliphatic heterocycles. The van der Waals surface area contributed by atoms with Crippen molar-refractivity contribution >= 4 is 28.6 Å². The quantitative estimate of drug-likeness (QED) is 0.800. The Balaban J connectivity index is 2.08. The molecule has 0 spiro atoms. The SMILES string of the molecule is Cc1csc(-n2nnc(C(=O)O)c2Cc2cccs2)n1. The first kappa shape index (κ1) is 12.9. The molecule has 3 aromatic heterocycles. The summed E-state index contributed by atoms with van der Waals surface area (Å²) in [5.74, 6) is -1.07. The Morgan fingerprint density at radius 1 is 1.45 bits per heavy atom. The smallest absolute Gasteiger partial charge is 0.358 e. The van der Waals surface area contributed by atoms with Crippen molar-refractivity contribution in [2.45, 2.75) is 13.3 Å². The number of carboxylic acid groups (broad SMARTS) is 1. The number of nitrogens with zero attached hydrogens (tertiary/aromatic N) is 4. The van der Waals surface area contributed by atoms with Gasteiger partial charge in [0.05, 0.1) is 11.4 Å². The third kappa shape index (κ3) is 2.35. The van der Waals surface area contributed by atoms with Gasteiger partial charge in [0.25, 0.3) is 0 Å². The second-order valence-electron chi connectivity index (χ2n) is 4.13. The normalized spacial score (nSPS) is 10.8. The molecule has 8 heteroatoms. The van der Waals surface area contributed by atoms with Crippen LogP contribution in [0.5, 0.6) is 0 Å². The molecule has 0 aliphatic carbocycles. The molecule has 0 saturated carbocycles. The Bertz CT molecular complexity index is 745. The molecule has 0 unspecified atom stereocenters. The lowest BCUT2D eigenvalue weighted by Crippen LogP contribution is -2.07. The average Bonchev–Trinajstić information content (AvgIpc) is 3.10. The fourth-order valence-electron chi connectivity index (χ4n) is 1.80. The monoisotopic (exact) mass is 306 g/mol. The molecule has 20 heavy (non-hydrogen) atoms. The molecule has 3 heterocycles. The summed E-state index contributed by atoms with van der Waals surface area (Å²) in [7, 11) is 0. The third-order valence-corrected chi connectivity index (χ3v) is 4.49. The second-order valence-corrected chi connectivity index (χ2v) is 6.00. The van der Waals surface area contributed by atoms with Crippen molar-refractivity contribution in [1.29, 1.82) is 0 Å². The molecule has 0 amide bonds. The number of hydrogen-bond acceptors (Lipinski definition) is 6. The fraction of sp³-hybridized carbons (Fsp3) is 0.167. The summed E-state index contributed by atoms with van der Waals surface area (Å²) in [6, 6.07) is 3.89. The van der Waals surface area contributed by atoms with Gasteiger partial charge in [-0.15, -0.1) is 27.8 Å². The highest BCUT2D eigenvalue weighted by atomic mass is 32.1. The number of aromatic nitrogens is 4. The van der Waals surface area contributed by atoms with Gasteiger partial charge in [0, 0.05) is 16.7 Å². The molecule has 0 aliphatic rings. The van der Waals surface area contributed by atoms with E-state index in [0.29, 0.717) is 17.2 Å². The first-order valence-corrected chi connectivity index (χ1v) is 7.54. The number of aromatic carboxylic acids is 1. The number of aryl methyl sites for hydroxylation is 1. The predicted molar refractivity (Wildman–Crippen MR) is 75.9 cm³/mol. The molecule has 0 aromatic carbocycles. The van der Waals surface area contributed by atoms with Gasteiger partial charge in [-0.1, -0.05) is 11.3 Å². The van der Waals surface area contributed by atoms with Crippen LogP contribution in [0.1, 0.15) is 26.8 Å². The molecule has 3 rings (SSSR count). The van der Waals surface area contributed by atoms with Gasteiger partial charge in [-0.3, -0.25) is 0 Å². The Labute approximate surface area is 122 Å². The van der Waals surface area contributed by atoms with E-state index in [-0.39, 0.29) is 5.69 Å². The first-order valence-electron chi connectivity index (χ1n) is 5.78. The van der Waals surface area contributed by atoms with Crippen molar-refractivity contribution in [2.24, 2.45) is 0 Å². The molecule has 102 valence electrons. The highest BCUT2D eigenvalue weighted by molar-refractivity contribution is 7.12. The van der Waals surface area contributed by atoms with E-state index in [0.717, 1.165) is 10.6 Å². The van der Waals surface area contributed by atoms with Gasteiger partial charge in [0.2, 0.25) is 5.13 Å². The molecule has 6 nitrogen and oxygen atoms in total. The standard InChI is InChI=1S/C12H10N4O2S2/c1-7-6-20-12(13-7)16-9(5-8-3-2-4-19-8)10(11(17)18)14-15-16/h2-4,6H,5H2,1H3,(H,17,18). The van der Waals surface area contributed by atoms with E-state index < -0.39 is 5.97 Å². The van der Waals surface area contributed by atoms with Gasteiger partial charge in [0.15, 0.2) is 5.69 Å². The minimum Gasteiger partial charge on any atom is -0.476 e. The number of hydrogen-bond donors (Lipinski definition) is 1. The first-order chi connectivity index (χ1) is 9.65. The topological polar surface area (TPSA) is 80.9 Å². The molecular formula is C12H10N4O2S2. The van der Waals surface area contributed by atoms with E-state index >= 15 is 0 Å². The van der Waals surface area contributed by atoms with Crippen molar-refractivity contribution in [2.75, 3.05) is 0 Å². The molecule has 0 atom stereocenters. The van der Waals surface area contributed by atoms with Crippen LogP contribution in [0, 0.1) is 6.92 Å². The number of carboxylic acids is 1. The molecule has 0 bridgehead atoms. The Morgan fingerprint density at radius 3 is 2.90 bits per heavy atom. The summed E-state index contributed by atoms with van der Waals surface area (Å²) >= 11 is 2.99. The van der Waals surface area contributed by atoms with Crippen LogP contribution >= 0.6 is 22.7 Å². The van der Waals surface area contributed by atoms with Gasteiger partial charge in [-0.2, -0.15) is 4.68 Å². The van der Waals surface area contributed by atoms with Gasteiger partial charge in [-0.05, 0) is 18.4 Å². The summed E-state index contributed by atoms with van der Waals surface area (Å²) in [4.78, 5) is 16.7. The third-order valence-electron chi connectivity index (χ3n) is 2.68. The maximum absolute atomic E-state index is 11.3. The van der Waals surface area contributed by atoms with Crippen molar-refractivity contribution in [3.63, 3.8) is 0 Å². The molecule has 0 radical (unpaired) electrons. The second kappa shape index (κ2) is 5.14. The Morgan fingerprint density at radius 2 is 2.30 bits per heavy atom. The summed E-state index contributed by atoms with van der Waals surface area (Å²) < 4.78 is 1.51. The van der Waals surface area contributed by atoms with Crippen molar-refractivity contribution in [3.05, 3.63) is 44.9 Å². The Kier molecular flexibility index (Phi) is 3.33. The van der Waals surface area contributed by atoms with E-state index in [1.165, 1.54) is 16.0 Å². The van der Waals surface area contributed by atoms with Gasteiger partial charge >= 0.3 is 5.97 Å². The van der Waals surface area contributed by atoms with Crippen molar-refractivity contribution in [3.8, 4) is 5.13 Å². The van der Waals surface area contributed by atoms with E-state index in [9.17, 15) is 9.90 Å². The number of carbonyl (C=O) groups is 1. The van der Waals surface area contributed by atoms with Crippen molar-refractivity contribution < 1.29 is 9.90 Å². The number of thiophene rings is 1. The lowest BCUT2D eigenvalue weighted by atomic mass is 10.2. The lowest BCUT2D eigenvalue weighted by Gasteiger charge is -2.02. The zero-order chi connectivity index (χ0) is 14.1. The number of rotatable bonds is 4. The summed E-state index contributed by atoms with van der Waals surface area (Å²) in [6.07, 6.45) is 0.477. The highest BCUT2D eigenvalue weighted by Gasteiger charge is 2.21. The van der Waals surface area contributed by atoms with Gasteiger partial charge in [0.1, 0.15) is 0 Å². The molecule has 0 saturated heterocycles. The minimum atomic E-state index is -1.07. The fourth-order valence-corrected chi connectivity index (χ4v) is 3.28. The maximum Gasteiger partial charge on any atom is 0.358 e. The van der Waals surface area contributed by atoms with Crippen LogP contribution in [0.25, 0.3) is 5.13 Å². The van der Waals surface area contributed by atoms with Crippen LogP contribution in [0.4, 0.5) is 0 Å². The number of thiazole rings is 1. The Hall–Kier alpha value is -2.06. The van der Waals surface area contributed by atoms with Crippen LogP contribution in [0.15, 0.2) is 22.9 Å². The largest absolute Gasteiger partial charge is 0.476 e. The van der Waals surface area contributed by atoms with Gasteiger partial charge < -0.3 is 5.11 Å². The van der Waals surface area contributed by atoms with Crippen LogP contribution in [-0.4, -0.2) is 31.1 Å². The summed E-state index contributed by atoms with van der Waals surface area (Å²) in [5.41, 5.74) is 1.40. The van der Waals surface area contributed by atoms with Crippen molar-refractivity contribution in [1.82, 2.24) is 20.0 Å². The van der Waals surface area contributed by atoms with E-state index in [1.807, 2.05) is 29.8 Å². The highest BCUT2D eigenvalue weighted by Crippen LogP contribution is 2.21. The predicted octanol–water partition coefficient (Wildman–Crippen LogP) is 2.38. The van der Waals surface area contributed by atoms with E-state index in [2.05, 4.69) is 15.3 Å². The molecule has 3 aromatic rings. The zero-order valence-electron chi connectivity index (χ0n) is 10.5.